The van der Waals surface area contributed by atoms with Crippen molar-refractivity contribution in [3.05, 3.63) is 124 Å². The summed E-state index contributed by atoms with van der Waals surface area (Å²) in [5.41, 5.74) is 7.31. The molecule has 1 saturated heterocycles. The van der Waals surface area contributed by atoms with Gasteiger partial charge in [0.05, 0.1) is 108 Å². The molecule has 7 aliphatic heterocycles. The van der Waals surface area contributed by atoms with Gasteiger partial charge in [-0.25, -0.2) is 34.9 Å². The summed E-state index contributed by atoms with van der Waals surface area (Å²) in [6, 6.07) is 6.99. The van der Waals surface area contributed by atoms with Crippen molar-refractivity contribution in [2.45, 2.75) is 108 Å². The second kappa shape index (κ2) is 28.6. The number of nitrogens with one attached hydrogen (secondary N) is 6. The van der Waals surface area contributed by atoms with Gasteiger partial charge >= 0.3 is 0 Å². The number of rotatable bonds is 13. The number of aliphatic hydroxyl groups excluding tert-OH is 1. The number of carbonyl (C=O) groups is 8. The minimum absolute atomic E-state index is 0.0189. The molecule has 3 aromatic rings. The highest BCUT2D eigenvalue weighted by Gasteiger charge is 2.45. The van der Waals surface area contributed by atoms with Crippen molar-refractivity contribution in [2.24, 2.45) is 36.6 Å². The van der Waals surface area contributed by atoms with Gasteiger partial charge in [0.1, 0.15) is 51.6 Å². The lowest BCUT2D eigenvalue weighted by Gasteiger charge is -2.41. The molecule has 96 heavy (non-hydrogen) atoms. The van der Waals surface area contributed by atoms with E-state index < -0.39 is 105 Å². The van der Waals surface area contributed by atoms with Gasteiger partial charge in [-0.2, -0.15) is 0 Å². The van der Waals surface area contributed by atoms with Crippen LogP contribution >= 0.6 is 72.4 Å². The van der Waals surface area contributed by atoms with E-state index in [1.165, 1.54) is 35.6 Å². The Balaban J connectivity index is 1.07. The van der Waals surface area contributed by atoms with Gasteiger partial charge in [-0.3, -0.25) is 38.4 Å². The molecule has 0 radical (unpaired) electrons. The number of nitrogens with zero attached hydrogens (tertiary/aromatic N) is 8. The molecule has 6 atom stereocenters. The average Bonchev–Trinajstić information content (AvgIpc) is 1.59. The van der Waals surface area contributed by atoms with Crippen LogP contribution in [0.4, 0.5) is 0 Å². The highest BCUT2D eigenvalue weighted by atomic mass is 32.1. The highest BCUT2D eigenvalue weighted by Crippen LogP contribution is 2.42. The first-order chi connectivity index (χ1) is 45.4. The lowest BCUT2D eigenvalue weighted by Crippen LogP contribution is -2.54. The normalized spacial score (nSPS) is 21.6. The standard InChI is InChI=1S/C64H65N15O10S6Si/c1-28(2)48-53-45(94)21-35(73-53)58(84)67-25-47(82)77-55(56(29-13-10-9-11-14-29)89-96(7,8)64(3,4)5)54-44(93)20-33(70-54)51-42(91)19-32(69-51)49-30(50-41(90)22-36(71-50)59(85)74-34(24-46(81)66-6)52-43(92)23-37(72-52)60(86)78-48)16-17-31(68-49)62-76-39(27-95-62)61(87)75-38(26-80)63(88)79-18-12-15-40(79)57(65)83/h9-11,13-14,16-17,19-23,27-28,34,38,40,48,55-56,80H,12,15,18,24-26H2,1-8H3,(H2,65,83)(H,66,81)(H,67,84)(H,74,85)(H,75,87)(H,77,82)(H,78,86)/t34-,38-,40-,48-,55-,56-/m0/s1. The highest BCUT2D eigenvalue weighted by molar-refractivity contribution is 7.83. The number of likely N-dealkylation sites (tertiary alicyclic amines) is 1. The fourth-order valence-electron chi connectivity index (χ4n) is 10.8. The molecule has 10 bridgehead atoms. The fraction of sp³-hybridized carbons (Fsp3) is 0.344. The number of thiazole rings is 1. The predicted octanol–water partition coefficient (Wildman–Crippen LogP) is 4.26. The molecule has 32 heteroatoms. The number of aliphatic hydroxyl groups is 1. The van der Waals surface area contributed by atoms with Crippen LogP contribution < -0.4 is 37.6 Å². The van der Waals surface area contributed by atoms with Crippen LogP contribution in [0.1, 0.15) is 87.3 Å². The maximum atomic E-state index is 14.6. The van der Waals surface area contributed by atoms with Crippen molar-refractivity contribution in [3.63, 3.8) is 0 Å². The lowest BCUT2D eigenvalue weighted by molar-refractivity contribution is -0.139. The van der Waals surface area contributed by atoms with E-state index in [1.807, 2.05) is 44.2 Å². The molecular formula is C64H65N15O10S6Si. The van der Waals surface area contributed by atoms with E-state index in [0.717, 1.165) is 11.3 Å². The Morgan fingerprint density at radius 3 is 2.01 bits per heavy atom. The van der Waals surface area contributed by atoms with Crippen LogP contribution in [0.2, 0.25) is 18.1 Å². The van der Waals surface area contributed by atoms with E-state index in [1.54, 1.807) is 24.3 Å². The largest absolute Gasteiger partial charge is 0.407 e. The van der Waals surface area contributed by atoms with Gasteiger partial charge in [0.15, 0.2) is 8.32 Å². The van der Waals surface area contributed by atoms with Crippen LogP contribution in [0.15, 0.2) is 126 Å². The van der Waals surface area contributed by atoms with Gasteiger partial charge in [-0.15, -0.1) is 11.3 Å². The summed E-state index contributed by atoms with van der Waals surface area (Å²) >= 11 is 30.7. The Labute approximate surface area is 583 Å². The van der Waals surface area contributed by atoms with Crippen LogP contribution in [0.3, 0.4) is 0 Å². The SMILES string of the molecule is CNC(=O)C[C@@H]1NC(=O)C2=CC(=S)C(=N2)c2ccc(-c3nc(C(=O)N[C@@H](CO)C(=O)N4CCC[C@H]4C(N)=O)cs3)nc2C2=CC(=S)C(=N2)C2=CC(=S)C(=N2)[C@@H]([C@@H](O[Si](C)(C)C(C)(C)C)c2ccccc2)NC(=O)CNC(=O)C2=CC(=S)C(=N2)[C@H](C(C)C)NC(=O)C2=CC(=S)C1=N2. The number of fused-ring (bicyclic) bond motifs is 9. The molecule has 2 aromatic heterocycles. The molecule has 10 rings (SSSR count). The molecule has 1 fully saturated rings. The smallest absolute Gasteiger partial charge is 0.271 e. The molecule has 0 aliphatic carbocycles. The van der Waals surface area contributed by atoms with Crippen LogP contribution in [-0.2, 0) is 38.0 Å². The van der Waals surface area contributed by atoms with Crippen molar-refractivity contribution in [3.8, 4) is 10.7 Å². The first kappa shape index (κ1) is 70.2. The Hall–Kier alpha value is -8.60. The van der Waals surface area contributed by atoms with Gasteiger partial charge in [0.2, 0.25) is 23.6 Å². The zero-order valence-corrected chi connectivity index (χ0v) is 58.9. The van der Waals surface area contributed by atoms with E-state index in [0.29, 0.717) is 18.4 Å². The topological polar surface area (TPSA) is 355 Å². The third-order valence-electron chi connectivity index (χ3n) is 16.9. The molecule has 0 spiro atoms. The third kappa shape index (κ3) is 14.8. The number of primary amides is 1. The van der Waals surface area contributed by atoms with Crippen molar-refractivity contribution in [1.82, 2.24) is 46.8 Å². The molecule has 8 amide bonds. The zero-order chi connectivity index (χ0) is 69.4. The molecule has 25 nitrogen and oxygen atoms in total. The molecule has 0 saturated carbocycles. The second-order valence-corrected chi connectivity index (χ2v) is 32.7. The summed E-state index contributed by atoms with van der Waals surface area (Å²) in [6.45, 7) is 12.9. The second-order valence-electron chi connectivity index (χ2n) is 24.8. The Morgan fingerprint density at radius 2 is 1.34 bits per heavy atom. The van der Waals surface area contributed by atoms with Crippen molar-refractivity contribution in [1.29, 1.82) is 0 Å². The quantitative estimate of drug-likeness (QED) is 0.0875. The Bertz CT molecular complexity index is 4310. The number of thiocarbonyl (C=S) groups is 5. The number of allylic oxidation sites excluding steroid dienone is 6. The van der Waals surface area contributed by atoms with Crippen molar-refractivity contribution < 1.29 is 47.9 Å². The number of nitrogens with two attached hydrogens (primary N) is 1. The first-order valence-corrected chi connectivity index (χ1v) is 36.1. The summed E-state index contributed by atoms with van der Waals surface area (Å²) < 4.78 is 7.23. The molecule has 1 aromatic carbocycles. The van der Waals surface area contributed by atoms with E-state index in [9.17, 15) is 43.5 Å². The molecule has 496 valence electrons. The number of benzene rings is 1. The number of carbonyl (C=O) groups excluding carboxylic acids is 8. The Kier molecular flexibility index (Phi) is 20.9. The van der Waals surface area contributed by atoms with E-state index >= 15 is 0 Å². The van der Waals surface area contributed by atoms with Crippen LogP contribution in [0.5, 0.6) is 0 Å². The van der Waals surface area contributed by atoms with Gasteiger partial charge in [0.25, 0.3) is 23.6 Å². The van der Waals surface area contributed by atoms with Gasteiger partial charge < -0.3 is 52.1 Å². The first-order valence-electron chi connectivity index (χ1n) is 30.3. The maximum Gasteiger partial charge on any atom is 0.271 e. The minimum atomic E-state index is -2.73. The van der Waals surface area contributed by atoms with Crippen LogP contribution in [0.25, 0.3) is 16.4 Å². The maximum absolute atomic E-state index is 14.6. The molecule has 9 N–H and O–H groups in total. The molecule has 7 aliphatic rings. The zero-order valence-electron chi connectivity index (χ0n) is 53.0. The van der Waals surface area contributed by atoms with Crippen molar-refractivity contribution >= 4 is 187 Å². The summed E-state index contributed by atoms with van der Waals surface area (Å²) in [5.74, 6) is -5.97. The van der Waals surface area contributed by atoms with Crippen molar-refractivity contribution in [2.75, 3.05) is 26.7 Å². The monoisotopic (exact) mass is 1420 g/mol. The van der Waals surface area contributed by atoms with E-state index in [-0.39, 0.29) is 133 Å². The Morgan fingerprint density at radius 1 is 0.750 bits per heavy atom. The summed E-state index contributed by atoms with van der Waals surface area (Å²) in [6.07, 6.45) is 6.80. The minimum Gasteiger partial charge on any atom is -0.407 e. The third-order valence-corrected chi connectivity index (χ3v) is 23.8. The van der Waals surface area contributed by atoms with E-state index in [2.05, 4.69) is 80.7 Å². The number of amides is 8. The number of hydrogen-bond acceptors (Lipinski definition) is 23. The van der Waals surface area contributed by atoms with Gasteiger partial charge in [0, 0.05) is 24.5 Å². The molecular weight excluding hydrogens is 1360 g/mol. The predicted molar refractivity (Wildman–Crippen MR) is 387 cm³/mol. The molecule has 0 unspecified atom stereocenters. The summed E-state index contributed by atoms with van der Waals surface area (Å²) in [5, 5.41) is 28.2. The average molecular weight is 1420 g/mol. The van der Waals surface area contributed by atoms with E-state index in [4.69, 9.17) is 91.2 Å². The fourth-order valence-corrected chi connectivity index (χ4v) is 14.3. The molecule has 9 heterocycles. The number of hydrogen-bond donors (Lipinski definition) is 8. The van der Waals surface area contributed by atoms with Crippen LogP contribution in [0, 0.1) is 5.92 Å². The number of aliphatic imine (C=N–C) groups is 5. The lowest BCUT2D eigenvalue weighted by atomic mass is 9.97. The van der Waals surface area contributed by atoms with Gasteiger partial charge in [-0.05, 0) is 85.0 Å². The summed E-state index contributed by atoms with van der Waals surface area (Å²) in [7, 11) is -1.32. The number of pyridine rings is 1. The summed E-state index contributed by atoms with van der Waals surface area (Å²) in [4.78, 5) is 146. The van der Waals surface area contributed by atoms with Crippen LogP contribution in [-0.4, -0.2) is 185 Å². The number of aromatic nitrogens is 2. The van der Waals surface area contributed by atoms with Gasteiger partial charge in [-0.1, -0.05) is 126 Å².